The SMILES string of the molecule is Cc1c([C@@H](N)COC(=O)NC(C)(C)C)ccc2c1COC2=O. The average molecular weight is 306 g/mol. The number of amides is 1. The Morgan fingerprint density at radius 1 is 1.45 bits per heavy atom. The zero-order chi connectivity index (χ0) is 16.5. The Labute approximate surface area is 130 Å². The number of ether oxygens (including phenoxy) is 2. The Kier molecular flexibility index (Phi) is 4.42. The van der Waals surface area contributed by atoms with Gasteiger partial charge >= 0.3 is 12.1 Å². The largest absolute Gasteiger partial charge is 0.457 e. The van der Waals surface area contributed by atoms with Gasteiger partial charge in [0, 0.05) is 11.1 Å². The number of alkyl carbamates (subject to hydrolysis) is 1. The molecular formula is C16H22N2O4. The zero-order valence-electron chi connectivity index (χ0n) is 13.4. The van der Waals surface area contributed by atoms with Crippen molar-refractivity contribution in [1.29, 1.82) is 0 Å². The van der Waals surface area contributed by atoms with Gasteiger partial charge in [0.25, 0.3) is 0 Å². The first-order valence-electron chi connectivity index (χ1n) is 7.19. The topological polar surface area (TPSA) is 90.7 Å². The molecule has 0 fully saturated rings. The van der Waals surface area contributed by atoms with Gasteiger partial charge in [-0.25, -0.2) is 9.59 Å². The first-order chi connectivity index (χ1) is 10.2. The Hall–Kier alpha value is -2.08. The molecule has 1 aliphatic rings. The van der Waals surface area contributed by atoms with Crippen molar-refractivity contribution in [3.8, 4) is 0 Å². The van der Waals surface area contributed by atoms with Crippen molar-refractivity contribution in [2.75, 3.05) is 6.61 Å². The molecule has 120 valence electrons. The Morgan fingerprint density at radius 3 is 2.77 bits per heavy atom. The molecule has 0 unspecified atom stereocenters. The molecule has 1 aliphatic heterocycles. The maximum atomic E-state index is 11.7. The number of rotatable bonds is 3. The summed E-state index contributed by atoms with van der Waals surface area (Å²) in [5.74, 6) is -0.306. The number of esters is 1. The lowest BCUT2D eigenvalue weighted by Gasteiger charge is -2.21. The lowest BCUT2D eigenvalue weighted by atomic mass is 9.95. The second-order valence-corrected chi connectivity index (χ2v) is 6.46. The highest BCUT2D eigenvalue weighted by Gasteiger charge is 2.25. The Bertz CT molecular complexity index is 605. The van der Waals surface area contributed by atoms with Crippen LogP contribution < -0.4 is 11.1 Å². The van der Waals surface area contributed by atoms with E-state index in [9.17, 15) is 9.59 Å². The van der Waals surface area contributed by atoms with Crippen LogP contribution >= 0.6 is 0 Å². The van der Waals surface area contributed by atoms with Crippen LogP contribution in [0.25, 0.3) is 0 Å². The van der Waals surface area contributed by atoms with E-state index in [1.807, 2.05) is 27.7 Å². The van der Waals surface area contributed by atoms with Gasteiger partial charge in [-0.15, -0.1) is 0 Å². The molecule has 1 atom stereocenters. The number of nitrogens with one attached hydrogen (secondary N) is 1. The van der Waals surface area contributed by atoms with Crippen LogP contribution in [-0.2, 0) is 16.1 Å². The maximum Gasteiger partial charge on any atom is 0.407 e. The number of hydrogen-bond acceptors (Lipinski definition) is 5. The van der Waals surface area contributed by atoms with Gasteiger partial charge in [-0.3, -0.25) is 0 Å². The first kappa shape index (κ1) is 16.3. The van der Waals surface area contributed by atoms with Gasteiger partial charge in [0.1, 0.15) is 13.2 Å². The minimum absolute atomic E-state index is 0.0658. The van der Waals surface area contributed by atoms with Crippen LogP contribution in [0.15, 0.2) is 12.1 Å². The summed E-state index contributed by atoms with van der Waals surface area (Å²) in [6.07, 6.45) is -0.500. The quantitative estimate of drug-likeness (QED) is 0.835. The predicted molar refractivity (Wildman–Crippen MR) is 81.5 cm³/mol. The maximum absolute atomic E-state index is 11.7. The lowest BCUT2D eigenvalue weighted by Crippen LogP contribution is -2.41. The van der Waals surface area contributed by atoms with E-state index in [1.165, 1.54) is 0 Å². The van der Waals surface area contributed by atoms with Gasteiger partial charge in [-0.1, -0.05) is 6.07 Å². The summed E-state index contributed by atoms with van der Waals surface area (Å²) in [5, 5.41) is 2.71. The molecule has 0 bridgehead atoms. The van der Waals surface area contributed by atoms with Crippen molar-refractivity contribution < 1.29 is 19.1 Å². The molecule has 0 radical (unpaired) electrons. The summed E-state index contributed by atoms with van der Waals surface area (Å²) in [4.78, 5) is 23.2. The minimum atomic E-state index is -0.500. The molecule has 1 aromatic rings. The molecule has 3 N–H and O–H groups in total. The van der Waals surface area contributed by atoms with Gasteiger partial charge in [-0.05, 0) is 44.9 Å². The number of cyclic esters (lactones) is 1. The molecule has 6 heteroatoms. The van der Waals surface area contributed by atoms with Crippen LogP contribution in [0, 0.1) is 6.92 Å². The highest BCUT2D eigenvalue weighted by atomic mass is 16.5. The van der Waals surface area contributed by atoms with Gasteiger partial charge in [0.15, 0.2) is 0 Å². The van der Waals surface area contributed by atoms with Crippen LogP contribution in [0.1, 0.15) is 53.9 Å². The van der Waals surface area contributed by atoms with E-state index in [1.54, 1.807) is 12.1 Å². The molecule has 1 heterocycles. The summed E-state index contributed by atoms with van der Waals surface area (Å²) in [5.41, 5.74) is 8.95. The fraction of sp³-hybridized carbons (Fsp3) is 0.500. The average Bonchev–Trinajstić information content (AvgIpc) is 2.77. The fourth-order valence-electron chi connectivity index (χ4n) is 2.37. The smallest absolute Gasteiger partial charge is 0.407 e. The molecule has 0 saturated carbocycles. The van der Waals surface area contributed by atoms with Gasteiger partial charge in [-0.2, -0.15) is 0 Å². The van der Waals surface area contributed by atoms with Crippen LogP contribution in [0.3, 0.4) is 0 Å². The van der Waals surface area contributed by atoms with Crippen LogP contribution in [-0.4, -0.2) is 24.2 Å². The predicted octanol–water partition coefficient (Wildman–Crippen LogP) is 2.19. The summed E-state index contributed by atoms with van der Waals surface area (Å²) < 4.78 is 10.2. The summed E-state index contributed by atoms with van der Waals surface area (Å²) in [7, 11) is 0. The summed E-state index contributed by atoms with van der Waals surface area (Å²) >= 11 is 0. The molecule has 0 aromatic heterocycles. The fourth-order valence-corrected chi connectivity index (χ4v) is 2.37. The third-order valence-electron chi connectivity index (χ3n) is 3.48. The monoisotopic (exact) mass is 306 g/mol. The first-order valence-corrected chi connectivity index (χ1v) is 7.19. The van der Waals surface area contributed by atoms with E-state index < -0.39 is 12.1 Å². The third kappa shape index (κ3) is 3.57. The highest BCUT2D eigenvalue weighted by molar-refractivity contribution is 5.93. The summed E-state index contributed by atoms with van der Waals surface area (Å²) in [6.45, 7) is 7.84. The standard InChI is InChI=1S/C16H22N2O4/c1-9-10(5-6-11-12(9)7-21-14(11)19)13(17)8-22-15(20)18-16(2,3)4/h5-6,13H,7-8,17H2,1-4H3,(H,18,20)/t13-/m0/s1. The van der Waals surface area contributed by atoms with Crippen LogP contribution in [0.2, 0.25) is 0 Å². The number of nitrogens with two attached hydrogens (primary N) is 1. The Balaban J connectivity index is 2.04. The van der Waals surface area contributed by atoms with E-state index in [0.29, 0.717) is 5.56 Å². The molecule has 1 aromatic carbocycles. The van der Waals surface area contributed by atoms with Gasteiger partial charge < -0.3 is 20.5 Å². The molecule has 1 amide bonds. The van der Waals surface area contributed by atoms with Crippen LogP contribution in [0.5, 0.6) is 0 Å². The van der Waals surface area contributed by atoms with E-state index in [-0.39, 0.29) is 24.7 Å². The second kappa shape index (κ2) is 5.96. The second-order valence-electron chi connectivity index (χ2n) is 6.46. The van der Waals surface area contributed by atoms with E-state index in [2.05, 4.69) is 5.32 Å². The summed E-state index contributed by atoms with van der Waals surface area (Å²) in [6, 6.07) is 3.05. The molecule has 6 nitrogen and oxygen atoms in total. The molecule has 0 aliphatic carbocycles. The van der Waals surface area contributed by atoms with E-state index in [4.69, 9.17) is 15.2 Å². The van der Waals surface area contributed by atoms with E-state index in [0.717, 1.165) is 16.7 Å². The number of carbonyl (C=O) groups excluding carboxylic acids is 2. The lowest BCUT2D eigenvalue weighted by molar-refractivity contribution is 0.0534. The minimum Gasteiger partial charge on any atom is -0.457 e. The van der Waals surface area contributed by atoms with Crippen molar-refractivity contribution in [3.63, 3.8) is 0 Å². The Morgan fingerprint density at radius 2 is 2.14 bits per heavy atom. The van der Waals surface area contributed by atoms with Crippen molar-refractivity contribution in [2.45, 2.75) is 45.9 Å². The highest BCUT2D eigenvalue weighted by Crippen LogP contribution is 2.28. The number of hydrogen-bond donors (Lipinski definition) is 2. The number of fused-ring (bicyclic) bond motifs is 1. The molecule has 2 rings (SSSR count). The van der Waals surface area contributed by atoms with Crippen molar-refractivity contribution in [3.05, 3.63) is 34.4 Å². The molecule has 0 saturated heterocycles. The van der Waals surface area contributed by atoms with Crippen LogP contribution in [0.4, 0.5) is 4.79 Å². The van der Waals surface area contributed by atoms with Gasteiger partial charge in [0.2, 0.25) is 0 Å². The molecular weight excluding hydrogens is 284 g/mol. The normalized spacial score (nSPS) is 15.0. The molecule has 0 spiro atoms. The third-order valence-corrected chi connectivity index (χ3v) is 3.48. The van der Waals surface area contributed by atoms with Crippen molar-refractivity contribution in [2.24, 2.45) is 5.73 Å². The number of benzene rings is 1. The van der Waals surface area contributed by atoms with Crippen molar-refractivity contribution >= 4 is 12.1 Å². The number of carbonyl (C=O) groups is 2. The van der Waals surface area contributed by atoms with E-state index >= 15 is 0 Å². The van der Waals surface area contributed by atoms with Crippen molar-refractivity contribution in [1.82, 2.24) is 5.32 Å². The molecule has 22 heavy (non-hydrogen) atoms. The zero-order valence-corrected chi connectivity index (χ0v) is 13.4. The van der Waals surface area contributed by atoms with Gasteiger partial charge in [0.05, 0.1) is 11.6 Å².